The summed E-state index contributed by atoms with van der Waals surface area (Å²) in [6.45, 7) is 3.95. The summed E-state index contributed by atoms with van der Waals surface area (Å²) >= 11 is 7.61. The van der Waals surface area contributed by atoms with E-state index in [1.54, 1.807) is 12.1 Å². The minimum Gasteiger partial charge on any atom is -0.481 e. The Morgan fingerprint density at radius 3 is 2.65 bits per heavy atom. The van der Waals surface area contributed by atoms with Crippen molar-refractivity contribution < 1.29 is 14.3 Å². The Morgan fingerprint density at radius 1 is 1.23 bits per heavy atom. The van der Waals surface area contributed by atoms with Gasteiger partial charge in [-0.3, -0.25) is 4.79 Å². The molecule has 0 aliphatic heterocycles. The topological polar surface area (TPSA) is 57.8 Å². The number of carbonyl (C=O) groups is 1. The smallest absolute Gasteiger partial charge is 0.304 e. The fraction of sp³-hybridized carbons (Fsp3) is 0.304. The lowest BCUT2D eigenvalue weighted by Gasteiger charge is -2.16. The van der Waals surface area contributed by atoms with Gasteiger partial charge in [-0.05, 0) is 80.5 Å². The number of carboxylic acids is 1. The number of aromatic nitrogens is 1. The number of hydrogen-bond donors (Lipinski definition) is 1. The van der Waals surface area contributed by atoms with Gasteiger partial charge in [0.05, 0.1) is 17.8 Å². The van der Waals surface area contributed by atoms with Gasteiger partial charge in [0.25, 0.3) is 0 Å². The number of hydrogen-bond acceptors (Lipinski definition) is 4. The monoisotopic (exact) mass is 461 g/mol. The molecule has 1 heterocycles. The molecule has 1 aromatic heterocycles. The highest BCUT2D eigenvalue weighted by Gasteiger charge is 2.10. The van der Waals surface area contributed by atoms with Gasteiger partial charge in [0.1, 0.15) is 5.82 Å². The predicted molar refractivity (Wildman–Crippen MR) is 123 cm³/mol. The largest absolute Gasteiger partial charge is 0.481 e. The molecule has 0 saturated heterocycles. The lowest BCUT2D eigenvalue weighted by molar-refractivity contribution is -0.137. The summed E-state index contributed by atoms with van der Waals surface area (Å²) in [5.74, 6) is -1.07. The Balaban J connectivity index is 1.89. The third-order valence-electron chi connectivity index (χ3n) is 4.94. The van der Waals surface area contributed by atoms with Gasteiger partial charge in [0.15, 0.2) is 4.80 Å². The summed E-state index contributed by atoms with van der Waals surface area (Å²) in [5.41, 5.74) is 3.74. The Kier molecular flexibility index (Phi) is 8.01. The summed E-state index contributed by atoms with van der Waals surface area (Å²) in [7, 11) is 1.92. The third kappa shape index (κ3) is 6.50. The molecule has 0 bridgehead atoms. The summed E-state index contributed by atoms with van der Waals surface area (Å²) < 4.78 is 15.5. The Bertz CT molecular complexity index is 1110. The van der Waals surface area contributed by atoms with Crippen LogP contribution >= 0.6 is 22.9 Å². The maximum absolute atomic E-state index is 13.4. The SMILES string of the molecule is Cc1cc(Cl)ccc1N=c1scc(-c2ccc(F)cc2)n1CCCN(C)CCC(=O)O. The number of nitrogens with zero attached hydrogens (tertiary/aromatic N) is 3. The van der Waals surface area contributed by atoms with Crippen molar-refractivity contribution in [2.45, 2.75) is 26.3 Å². The first-order valence-corrected chi connectivity index (χ1v) is 11.2. The number of rotatable bonds is 9. The molecule has 3 aromatic rings. The van der Waals surface area contributed by atoms with Crippen molar-refractivity contribution in [3.8, 4) is 11.3 Å². The van der Waals surface area contributed by atoms with Crippen molar-refractivity contribution in [3.63, 3.8) is 0 Å². The van der Waals surface area contributed by atoms with E-state index in [-0.39, 0.29) is 12.2 Å². The van der Waals surface area contributed by atoms with Crippen LogP contribution in [0.3, 0.4) is 0 Å². The zero-order valence-electron chi connectivity index (χ0n) is 17.5. The molecule has 3 rings (SSSR count). The van der Waals surface area contributed by atoms with Gasteiger partial charge in [0, 0.05) is 23.5 Å². The zero-order valence-corrected chi connectivity index (χ0v) is 19.1. The van der Waals surface area contributed by atoms with Gasteiger partial charge in [-0.25, -0.2) is 9.38 Å². The van der Waals surface area contributed by atoms with Crippen LogP contribution in [0.5, 0.6) is 0 Å². The highest BCUT2D eigenvalue weighted by Crippen LogP contribution is 2.24. The maximum Gasteiger partial charge on any atom is 0.304 e. The van der Waals surface area contributed by atoms with E-state index in [4.69, 9.17) is 21.7 Å². The lowest BCUT2D eigenvalue weighted by atomic mass is 10.1. The van der Waals surface area contributed by atoms with Gasteiger partial charge < -0.3 is 14.6 Å². The molecule has 0 atom stereocenters. The van der Waals surface area contributed by atoms with E-state index >= 15 is 0 Å². The van der Waals surface area contributed by atoms with E-state index in [2.05, 4.69) is 4.57 Å². The van der Waals surface area contributed by atoms with E-state index in [1.165, 1.54) is 23.5 Å². The average Bonchev–Trinajstić information content (AvgIpc) is 3.11. The first kappa shape index (κ1) is 23.2. The van der Waals surface area contributed by atoms with Gasteiger partial charge in [-0.2, -0.15) is 0 Å². The molecule has 1 N–H and O–H groups in total. The number of aryl methyl sites for hydroxylation is 1. The number of carboxylic acid groups (broad SMARTS) is 1. The third-order valence-corrected chi connectivity index (χ3v) is 6.04. The molecular weight excluding hydrogens is 437 g/mol. The van der Waals surface area contributed by atoms with Crippen molar-refractivity contribution in [3.05, 3.63) is 69.0 Å². The van der Waals surface area contributed by atoms with Crippen molar-refractivity contribution in [1.82, 2.24) is 9.47 Å². The maximum atomic E-state index is 13.4. The summed E-state index contributed by atoms with van der Waals surface area (Å²) in [4.78, 5) is 18.5. The van der Waals surface area contributed by atoms with Gasteiger partial charge in [-0.15, -0.1) is 11.3 Å². The van der Waals surface area contributed by atoms with Gasteiger partial charge in [0.2, 0.25) is 0 Å². The Labute approximate surface area is 190 Å². The fourth-order valence-corrected chi connectivity index (χ4v) is 4.41. The molecular formula is C23H25ClFN3O2S. The van der Waals surface area contributed by atoms with Gasteiger partial charge in [-0.1, -0.05) is 11.6 Å². The number of benzene rings is 2. The molecule has 0 spiro atoms. The molecule has 0 amide bonds. The average molecular weight is 462 g/mol. The molecule has 0 fully saturated rings. The van der Waals surface area contributed by atoms with E-state index in [1.807, 2.05) is 42.5 Å². The minimum atomic E-state index is -0.794. The molecule has 8 heteroatoms. The van der Waals surface area contributed by atoms with Crippen LogP contribution in [0, 0.1) is 12.7 Å². The predicted octanol–water partition coefficient (Wildman–Crippen LogP) is 5.35. The number of halogens is 2. The second-order valence-corrected chi connectivity index (χ2v) is 8.68. The van der Waals surface area contributed by atoms with Crippen LogP contribution in [0.2, 0.25) is 5.02 Å². The van der Waals surface area contributed by atoms with Crippen LogP contribution in [-0.2, 0) is 11.3 Å². The van der Waals surface area contributed by atoms with Crippen LogP contribution in [0.1, 0.15) is 18.4 Å². The van der Waals surface area contributed by atoms with E-state index in [9.17, 15) is 9.18 Å². The second kappa shape index (κ2) is 10.7. The van der Waals surface area contributed by atoms with Crippen LogP contribution in [0.15, 0.2) is 52.8 Å². The first-order valence-electron chi connectivity index (χ1n) is 9.99. The van der Waals surface area contributed by atoms with Crippen LogP contribution in [-0.4, -0.2) is 40.7 Å². The van der Waals surface area contributed by atoms with Crippen molar-refractivity contribution in [2.24, 2.45) is 4.99 Å². The molecule has 5 nitrogen and oxygen atoms in total. The van der Waals surface area contributed by atoms with Crippen molar-refractivity contribution >= 4 is 34.6 Å². The highest BCUT2D eigenvalue weighted by atomic mass is 35.5. The lowest BCUT2D eigenvalue weighted by Crippen LogP contribution is -2.25. The van der Waals surface area contributed by atoms with E-state index in [0.717, 1.165) is 40.3 Å². The molecule has 0 unspecified atom stereocenters. The van der Waals surface area contributed by atoms with Crippen LogP contribution in [0.25, 0.3) is 11.3 Å². The molecule has 0 aliphatic rings. The van der Waals surface area contributed by atoms with E-state index < -0.39 is 5.97 Å². The molecule has 164 valence electrons. The molecule has 0 saturated carbocycles. The highest BCUT2D eigenvalue weighted by molar-refractivity contribution is 7.07. The minimum absolute atomic E-state index is 0.124. The first-order chi connectivity index (χ1) is 14.8. The molecule has 0 radical (unpaired) electrons. The van der Waals surface area contributed by atoms with Crippen molar-refractivity contribution in [2.75, 3.05) is 20.1 Å². The molecule has 0 aliphatic carbocycles. The van der Waals surface area contributed by atoms with E-state index in [0.29, 0.717) is 18.1 Å². The van der Waals surface area contributed by atoms with Crippen molar-refractivity contribution in [1.29, 1.82) is 0 Å². The quantitative estimate of drug-likeness (QED) is 0.467. The van der Waals surface area contributed by atoms with Gasteiger partial charge >= 0.3 is 5.97 Å². The summed E-state index contributed by atoms with van der Waals surface area (Å²) in [5, 5.41) is 11.6. The summed E-state index contributed by atoms with van der Waals surface area (Å²) in [6, 6.07) is 12.1. The zero-order chi connectivity index (χ0) is 22.4. The molecule has 31 heavy (non-hydrogen) atoms. The number of aliphatic carboxylic acids is 1. The van der Waals surface area contributed by atoms with Crippen LogP contribution < -0.4 is 4.80 Å². The second-order valence-electron chi connectivity index (χ2n) is 7.41. The fourth-order valence-electron chi connectivity index (χ4n) is 3.23. The Hall–Kier alpha value is -2.48. The van der Waals surface area contributed by atoms with Crippen LogP contribution in [0.4, 0.5) is 10.1 Å². The standard InChI is InChI=1S/C23H25ClFN3O2S/c1-16-14-18(24)6-9-20(16)26-23-28(12-3-11-27(2)13-10-22(29)30)21(15-31-23)17-4-7-19(25)8-5-17/h4-9,14-15H,3,10-13H2,1-2H3,(H,29,30). The Morgan fingerprint density at radius 2 is 1.97 bits per heavy atom. The summed E-state index contributed by atoms with van der Waals surface area (Å²) in [6.07, 6.45) is 0.952. The number of thiazole rings is 1. The molecule has 2 aromatic carbocycles. The normalized spacial score (nSPS) is 12.0.